The summed E-state index contributed by atoms with van der Waals surface area (Å²) in [5.74, 6) is 0.750. The number of hydrogen-bond acceptors (Lipinski definition) is 12. The van der Waals surface area contributed by atoms with Crippen LogP contribution in [-0.4, -0.2) is 48.2 Å². The number of hydrogen-bond donors (Lipinski definition) is 3. The molecule has 0 bridgehead atoms. The van der Waals surface area contributed by atoms with E-state index >= 15 is 0 Å². The van der Waals surface area contributed by atoms with E-state index in [9.17, 15) is 25.3 Å². The predicted octanol–water partition coefficient (Wildman–Crippen LogP) is 6.31. The number of aromatic nitrogens is 3. The highest BCUT2D eigenvalue weighted by molar-refractivity contribution is 9.11. The maximum absolute atomic E-state index is 11.0. The van der Waals surface area contributed by atoms with Gasteiger partial charge in [0.15, 0.2) is 0 Å². The zero-order chi connectivity index (χ0) is 29.3. The van der Waals surface area contributed by atoms with Gasteiger partial charge in [-0.1, -0.05) is 5.16 Å². The van der Waals surface area contributed by atoms with E-state index in [4.69, 9.17) is 16.4 Å². The van der Waals surface area contributed by atoms with Crippen LogP contribution in [0.25, 0.3) is 0 Å². The molecule has 0 unspecified atom stereocenters. The summed E-state index contributed by atoms with van der Waals surface area (Å²) in [6, 6.07) is 6.06. The van der Waals surface area contributed by atoms with Gasteiger partial charge < -0.3 is 20.6 Å². The topological polar surface area (TPSA) is 191 Å². The van der Waals surface area contributed by atoms with Gasteiger partial charge in [0.2, 0.25) is 22.9 Å². The lowest BCUT2D eigenvalue weighted by molar-refractivity contribution is -0.394. The number of halogens is 3. The number of nitrogens with zero attached hydrogens (tertiary/aromatic N) is 6. The Bertz CT molecular complexity index is 1360. The Labute approximate surface area is 244 Å². The molecule has 17 heteroatoms. The molecule has 0 aliphatic rings. The van der Waals surface area contributed by atoms with Gasteiger partial charge >= 0.3 is 5.69 Å². The van der Waals surface area contributed by atoms with E-state index in [1.807, 2.05) is 27.7 Å². The van der Waals surface area contributed by atoms with Gasteiger partial charge in [0.1, 0.15) is 5.75 Å². The number of phenolic OH excluding ortho intramolecular Hbond substituents is 1. The van der Waals surface area contributed by atoms with E-state index < -0.39 is 21.2 Å². The van der Waals surface area contributed by atoms with Gasteiger partial charge in [-0.3, -0.25) is 20.2 Å². The SMILES string of the molecule is CCNc1nc(Cl)nc(NC(C)(C)C)n1.O=[N+]([O-])c1ccc(O/N=C/c2cc(Br)c(O)c(Br)c2)c([N+](=O)[O-])c1. The van der Waals surface area contributed by atoms with Crippen molar-refractivity contribution in [2.45, 2.75) is 33.2 Å². The number of anilines is 2. The van der Waals surface area contributed by atoms with Crippen molar-refractivity contribution >= 4 is 72.9 Å². The number of aromatic hydroxyl groups is 1. The van der Waals surface area contributed by atoms with Crippen LogP contribution in [-0.2, 0) is 0 Å². The quantitative estimate of drug-likeness (QED) is 0.136. The van der Waals surface area contributed by atoms with Crippen LogP contribution in [0.1, 0.15) is 33.3 Å². The van der Waals surface area contributed by atoms with Gasteiger partial charge in [-0.25, -0.2) is 0 Å². The van der Waals surface area contributed by atoms with Crippen molar-refractivity contribution in [3.05, 3.63) is 70.4 Å². The summed E-state index contributed by atoms with van der Waals surface area (Å²) < 4.78 is 0.833. The molecule has 3 aromatic rings. The average Bonchev–Trinajstić information content (AvgIpc) is 2.81. The summed E-state index contributed by atoms with van der Waals surface area (Å²) in [5, 5.41) is 41.2. The number of phenols is 1. The van der Waals surface area contributed by atoms with Gasteiger partial charge in [-0.2, -0.15) is 15.0 Å². The summed E-state index contributed by atoms with van der Waals surface area (Å²) in [6.45, 7) is 8.79. The molecular weight excluding hydrogens is 668 g/mol. The molecule has 0 spiro atoms. The maximum Gasteiger partial charge on any atom is 0.321 e. The normalized spacial score (nSPS) is 10.9. The monoisotopic (exact) mass is 688 g/mol. The molecule has 0 saturated heterocycles. The number of rotatable bonds is 8. The molecule has 0 radical (unpaired) electrons. The predicted molar refractivity (Wildman–Crippen MR) is 154 cm³/mol. The Morgan fingerprint density at radius 2 is 1.69 bits per heavy atom. The van der Waals surface area contributed by atoms with Gasteiger partial charge in [0.25, 0.3) is 5.69 Å². The first-order valence-electron chi connectivity index (χ1n) is 10.9. The summed E-state index contributed by atoms with van der Waals surface area (Å²) in [6.07, 6.45) is 1.26. The van der Waals surface area contributed by atoms with Crippen LogP contribution < -0.4 is 15.5 Å². The summed E-state index contributed by atoms with van der Waals surface area (Å²) in [7, 11) is 0. The van der Waals surface area contributed by atoms with E-state index in [-0.39, 0.29) is 22.3 Å². The lowest BCUT2D eigenvalue weighted by Crippen LogP contribution is -2.27. The van der Waals surface area contributed by atoms with Crippen molar-refractivity contribution in [1.82, 2.24) is 15.0 Å². The number of nitrogens with one attached hydrogen (secondary N) is 2. The Morgan fingerprint density at radius 1 is 1.08 bits per heavy atom. The molecule has 208 valence electrons. The lowest BCUT2D eigenvalue weighted by Gasteiger charge is -2.20. The molecule has 14 nitrogen and oxygen atoms in total. The number of non-ortho nitro benzene ring substituents is 1. The molecule has 0 amide bonds. The third kappa shape index (κ3) is 10.2. The number of nitro groups is 2. The van der Waals surface area contributed by atoms with Crippen molar-refractivity contribution < 1.29 is 19.8 Å². The third-order valence-corrected chi connectivity index (χ3v) is 5.55. The number of nitro benzene ring substituents is 2. The minimum atomic E-state index is -0.800. The van der Waals surface area contributed by atoms with E-state index in [1.54, 1.807) is 12.1 Å². The molecule has 1 heterocycles. The maximum atomic E-state index is 11.0. The molecule has 0 saturated carbocycles. The zero-order valence-electron chi connectivity index (χ0n) is 21.0. The second-order valence-electron chi connectivity index (χ2n) is 8.48. The first-order chi connectivity index (χ1) is 18.2. The summed E-state index contributed by atoms with van der Waals surface area (Å²) in [4.78, 5) is 37.2. The highest BCUT2D eigenvalue weighted by Crippen LogP contribution is 2.33. The van der Waals surface area contributed by atoms with E-state index in [0.717, 1.165) is 24.7 Å². The third-order valence-electron chi connectivity index (χ3n) is 4.17. The van der Waals surface area contributed by atoms with Crippen molar-refractivity contribution in [2.24, 2.45) is 5.16 Å². The first-order valence-corrected chi connectivity index (χ1v) is 12.9. The van der Waals surface area contributed by atoms with E-state index in [1.165, 1.54) is 6.21 Å². The smallest absolute Gasteiger partial charge is 0.321 e. The van der Waals surface area contributed by atoms with Crippen molar-refractivity contribution in [3.8, 4) is 11.5 Å². The number of benzene rings is 2. The van der Waals surface area contributed by atoms with E-state index in [2.05, 4.69) is 62.6 Å². The molecule has 39 heavy (non-hydrogen) atoms. The fourth-order valence-electron chi connectivity index (χ4n) is 2.62. The average molecular weight is 691 g/mol. The van der Waals surface area contributed by atoms with Crippen molar-refractivity contribution in [2.75, 3.05) is 17.2 Å². The highest BCUT2D eigenvalue weighted by Gasteiger charge is 2.21. The van der Waals surface area contributed by atoms with Gasteiger partial charge in [-0.15, -0.1) is 0 Å². The number of oxime groups is 1. The molecule has 0 aliphatic carbocycles. The van der Waals surface area contributed by atoms with Gasteiger partial charge in [-0.05, 0) is 94.9 Å². The van der Waals surface area contributed by atoms with E-state index in [0.29, 0.717) is 26.4 Å². The van der Waals surface area contributed by atoms with Crippen LogP contribution in [0.2, 0.25) is 5.28 Å². The Kier molecular flexibility index (Phi) is 11.3. The van der Waals surface area contributed by atoms with Crippen LogP contribution in [0.5, 0.6) is 11.5 Å². The molecule has 0 aliphatic heterocycles. The molecule has 0 fully saturated rings. The Balaban J connectivity index is 0.000000306. The molecule has 3 N–H and O–H groups in total. The minimum Gasteiger partial charge on any atom is -0.506 e. The minimum absolute atomic E-state index is 0.0130. The molecular formula is C22H23Br2ClN8O6. The van der Waals surface area contributed by atoms with Crippen LogP contribution in [0.15, 0.2) is 44.4 Å². The molecule has 3 rings (SSSR count). The van der Waals surface area contributed by atoms with Crippen LogP contribution in [0.3, 0.4) is 0 Å². The Hall–Kier alpha value is -3.63. The zero-order valence-corrected chi connectivity index (χ0v) is 24.9. The van der Waals surface area contributed by atoms with Crippen LogP contribution in [0, 0.1) is 20.2 Å². The fourth-order valence-corrected chi connectivity index (χ4v) is 4.00. The first kappa shape index (κ1) is 31.6. The van der Waals surface area contributed by atoms with Crippen LogP contribution in [0.4, 0.5) is 23.3 Å². The van der Waals surface area contributed by atoms with Crippen molar-refractivity contribution in [1.29, 1.82) is 0 Å². The summed E-state index contributed by atoms with van der Waals surface area (Å²) >= 11 is 12.1. The highest BCUT2D eigenvalue weighted by atomic mass is 79.9. The lowest BCUT2D eigenvalue weighted by atomic mass is 10.1. The fraction of sp³-hybridized carbons (Fsp3) is 0.273. The molecule has 1 aromatic heterocycles. The summed E-state index contributed by atoms with van der Waals surface area (Å²) in [5.41, 5.74) is -0.566. The Morgan fingerprint density at radius 3 is 2.23 bits per heavy atom. The standard InChI is InChI=1S/C13H7Br2N3O6.C9H16ClN5/c14-9-3-7(4-10(15)13(9)19)6-16-24-12-2-1-8(17(20)21)5-11(12)18(22)23;1-5-11-7-12-6(10)13-8(14-7)15-9(2,3)4/h1-6,19H;5H2,1-4H3,(H2,11,12,13,14,15)/b16-6+;. The largest absolute Gasteiger partial charge is 0.506 e. The van der Waals surface area contributed by atoms with Gasteiger partial charge in [0.05, 0.1) is 31.1 Å². The molecule has 2 aromatic carbocycles. The second-order valence-corrected chi connectivity index (χ2v) is 10.5. The van der Waals surface area contributed by atoms with Crippen molar-refractivity contribution in [3.63, 3.8) is 0 Å². The molecule has 0 atom stereocenters. The van der Waals surface area contributed by atoms with Crippen LogP contribution >= 0.6 is 43.5 Å². The van der Waals surface area contributed by atoms with Gasteiger partial charge in [0, 0.05) is 18.2 Å². The second kappa shape index (κ2) is 14.0.